The van der Waals surface area contributed by atoms with Crippen LogP contribution >= 0.6 is 0 Å². The van der Waals surface area contributed by atoms with Crippen molar-refractivity contribution in [1.82, 2.24) is 24.8 Å². The second-order valence-corrected chi connectivity index (χ2v) is 10.4. The summed E-state index contributed by atoms with van der Waals surface area (Å²) in [5.41, 5.74) is -0.136. The monoisotopic (exact) mass is 576 g/mol. The van der Waals surface area contributed by atoms with Gasteiger partial charge in [0.05, 0.1) is 0 Å². The quantitative estimate of drug-likeness (QED) is 0.206. The number of rotatable bonds is 15. The summed E-state index contributed by atoms with van der Waals surface area (Å²) in [6.45, 7) is 6.05. The average Bonchev–Trinajstić information content (AvgIpc) is 3.33. The summed E-state index contributed by atoms with van der Waals surface area (Å²) in [6, 6.07) is 5.15. The maximum atomic E-state index is 12.6. The van der Waals surface area contributed by atoms with Crippen molar-refractivity contribution in [3.8, 4) is 11.4 Å². The van der Waals surface area contributed by atoms with Crippen LogP contribution in [-0.4, -0.2) is 49.7 Å². The molecule has 0 aliphatic heterocycles. The zero-order chi connectivity index (χ0) is 30.0. The maximum Gasteiger partial charge on any atom is 0.405 e. The topological polar surface area (TPSA) is 111 Å². The lowest BCUT2D eigenvalue weighted by molar-refractivity contribution is -0.147. The second-order valence-electron chi connectivity index (χ2n) is 10.4. The van der Waals surface area contributed by atoms with Crippen molar-refractivity contribution in [3.05, 3.63) is 36.8 Å². The number of carbonyl (C=O) groups is 2. The number of pyridine rings is 1. The van der Waals surface area contributed by atoms with Gasteiger partial charge in [0, 0.05) is 36.0 Å². The Hall–Kier alpha value is -3.70. The summed E-state index contributed by atoms with van der Waals surface area (Å²) in [7, 11) is 0. The first-order valence-corrected chi connectivity index (χ1v) is 14.1. The summed E-state index contributed by atoms with van der Waals surface area (Å²) in [4.78, 5) is 38.4. The number of hydrogen-bond acceptors (Lipinski definition) is 7. The Kier molecular flexibility index (Phi) is 11.1. The molecular formula is C29H39F3N6O3. The largest absolute Gasteiger partial charge is 0.444 e. The van der Waals surface area contributed by atoms with Gasteiger partial charge in [0.15, 0.2) is 12.6 Å². The predicted octanol–water partition coefficient (Wildman–Crippen LogP) is 6.25. The Morgan fingerprint density at radius 2 is 1.88 bits per heavy atom. The van der Waals surface area contributed by atoms with Gasteiger partial charge < -0.3 is 15.4 Å². The fourth-order valence-corrected chi connectivity index (χ4v) is 4.50. The fourth-order valence-electron chi connectivity index (χ4n) is 4.50. The van der Waals surface area contributed by atoms with Crippen molar-refractivity contribution < 1.29 is 27.5 Å². The number of nitrogens with zero attached hydrogens (tertiary/aromatic N) is 4. The summed E-state index contributed by atoms with van der Waals surface area (Å²) >= 11 is 0. The Bertz CT molecular complexity index is 1310. The van der Waals surface area contributed by atoms with E-state index in [4.69, 9.17) is 4.74 Å². The number of anilines is 1. The molecule has 2 N–H and O–H groups in total. The van der Waals surface area contributed by atoms with Gasteiger partial charge in [0.1, 0.15) is 23.5 Å². The number of unbranched alkanes of at least 4 members (excludes halogenated alkanes) is 1. The zero-order valence-electron chi connectivity index (χ0n) is 24.1. The second kappa shape index (κ2) is 14.3. The molecule has 12 heteroatoms. The van der Waals surface area contributed by atoms with Crippen molar-refractivity contribution in [2.24, 2.45) is 5.92 Å². The van der Waals surface area contributed by atoms with Crippen LogP contribution in [0.1, 0.15) is 72.6 Å². The average molecular weight is 577 g/mol. The molecule has 0 aliphatic rings. The number of amides is 1. The molecule has 0 saturated heterocycles. The highest BCUT2D eigenvalue weighted by atomic mass is 19.4. The first-order chi connectivity index (χ1) is 19.5. The van der Waals surface area contributed by atoms with Gasteiger partial charge in [-0.2, -0.15) is 13.2 Å². The van der Waals surface area contributed by atoms with Crippen LogP contribution in [0.4, 0.5) is 19.0 Å². The van der Waals surface area contributed by atoms with E-state index in [2.05, 4.69) is 34.1 Å². The number of halogens is 3. The van der Waals surface area contributed by atoms with E-state index in [-0.39, 0.29) is 24.9 Å². The molecule has 224 valence electrons. The Labute approximate surface area is 238 Å². The normalized spacial score (nSPS) is 13.9. The van der Waals surface area contributed by atoms with Gasteiger partial charge in [-0.05, 0) is 43.9 Å². The number of esters is 1. The lowest BCUT2D eigenvalue weighted by atomic mass is 9.94. The van der Waals surface area contributed by atoms with Crippen LogP contribution < -0.4 is 10.6 Å². The van der Waals surface area contributed by atoms with E-state index in [0.717, 1.165) is 37.5 Å². The molecule has 0 spiro atoms. The third kappa shape index (κ3) is 8.89. The van der Waals surface area contributed by atoms with E-state index in [1.165, 1.54) is 19.2 Å². The maximum absolute atomic E-state index is 12.6. The van der Waals surface area contributed by atoms with Crippen molar-refractivity contribution in [2.75, 3.05) is 11.9 Å². The van der Waals surface area contributed by atoms with E-state index in [1.54, 1.807) is 30.0 Å². The summed E-state index contributed by atoms with van der Waals surface area (Å²) in [6.07, 6.45) is 6.15. The molecule has 0 bridgehead atoms. The highest BCUT2D eigenvalue weighted by Gasteiger charge is 2.35. The van der Waals surface area contributed by atoms with Gasteiger partial charge in [-0.3, -0.25) is 14.2 Å². The highest BCUT2D eigenvalue weighted by molar-refractivity contribution is 5.92. The minimum Gasteiger partial charge on any atom is -0.444 e. The summed E-state index contributed by atoms with van der Waals surface area (Å²) in [5, 5.41) is 5.63. The Balaban J connectivity index is 1.76. The first kappa shape index (κ1) is 31.8. The molecule has 0 radical (unpaired) electrons. The molecule has 41 heavy (non-hydrogen) atoms. The standard InChI is InChI=1S/C29H39F3N6O3/c1-5-8-10-20(6-2)12-13-24(39)41-19-38-17-22(21-11-9-15-34-26(21)38)25-33-16-14-23(36-25)37-28(4,7-3)27(40)35-18-29(30,31)32/h9,11,14-17,20H,5-8,10,12-13,18-19H2,1-4H3,(H,35,40)(H,33,36,37)/t20?,28-/m0/s1. The third-order valence-electron chi connectivity index (χ3n) is 7.26. The zero-order valence-corrected chi connectivity index (χ0v) is 24.1. The van der Waals surface area contributed by atoms with Crippen molar-refractivity contribution in [2.45, 2.75) is 91.1 Å². The van der Waals surface area contributed by atoms with Gasteiger partial charge in [0.25, 0.3) is 0 Å². The molecule has 0 fully saturated rings. The van der Waals surface area contributed by atoms with Crippen LogP contribution in [0.3, 0.4) is 0 Å². The number of ether oxygens (including phenoxy) is 1. The highest BCUT2D eigenvalue weighted by Crippen LogP contribution is 2.29. The molecule has 1 amide bonds. The van der Waals surface area contributed by atoms with Gasteiger partial charge in [-0.15, -0.1) is 0 Å². The number of carbonyl (C=O) groups excluding carboxylic acids is 2. The summed E-state index contributed by atoms with van der Waals surface area (Å²) < 4.78 is 45.2. The van der Waals surface area contributed by atoms with E-state index < -0.39 is 24.2 Å². The van der Waals surface area contributed by atoms with E-state index in [0.29, 0.717) is 29.4 Å². The summed E-state index contributed by atoms with van der Waals surface area (Å²) in [5.74, 6) is 0.0202. The van der Waals surface area contributed by atoms with Gasteiger partial charge in [-0.1, -0.05) is 46.5 Å². The number of hydrogen-bond donors (Lipinski definition) is 2. The van der Waals surface area contributed by atoms with Crippen molar-refractivity contribution in [1.29, 1.82) is 0 Å². The molecule has 3 rings (SSSR count). The molecule has 3 aromatic heterocycles. The fraction of sp³-hybridized carbons (Fsp3) is 0.552. The van der Waals surface area contributed by atoms with Crippen LogP contribution in [0.5, 0.6) is 0 Å². The molecule has 1 unspecified atom stereocenters. The van der Waals surface area contributed by atoms with Gasteiger partial charge in [-0.25, -0.2) is 15.0 Å². The smallest absolute Gasteiger partial charge is 0.405 e. The molecular weight excluding hydrogens is 537 g/mol. The van der Waals surface area contributed by atoms with E-state index >= 15 is 0 Å². The minimum atomic E-state index is -4.52. The lowest BCUT2D eigenvalue weighted by Gasteiger charge is -2.29. The number of alkyl halides is 3. The molecule has 3 aromatic rings. The number of aromatic nitrogens is 4. The van der Waals surface area contributed by atoms with Crippen molar-refractivity contribution >= 4 is 28.7 Å². The Morgan fingerprint density at radius 3 is 2.56 bits per heavy atom. The third-order valence-corrected chi connectivity index (χ3v) is 7.26. The number of nitrogens with one attached hydrogen (secondary N) is 2. The van der Waals surface area contributed by atoms with Crippen LogP contribution in [0, 0.1) is 5.92 Å². The molecule has 9 nitrogen and oxygen atoms in total. The number of fused-ring (bicyclic) bond motifs is 1. The molecule has 0 aromatic carbocycles. The SMILES string of the molecule is CCCCC(CC)CCC(=O)OCn1cc(-c2nccc(N[C@@](C)(CC)C(=O)NCC(F)(F)F)n2)c2cccnc21. The molecule has 0 aliphatic carbocycles. The van der Waals surface area contributed by atoms with E-state index in [9.17, 15) is 22.8 Å². The van der Waals surface area contributed by atoms with E-state index in [1.807, 2.05) is 11.4 Å². The van der Waals surface area contributed by atoms with Crippen LogP contribution in [0.25, 0.3) is 22.4 Å². The van der Waals surface area contributed by atoms with Crippen LogP contribution in [0.2, 0.25) is 0 Å². The van der Waals surface area contributed by atoms with Crippen molar-refractivity contribution in [3.63, 3.8) is 0 Å². The Morgan fingerprint density at radius 1 is 1.10 bits per heavy atom. The van der Waals surface area contributed by atoms with Crippen LogP contribution in [0.15, 0.2) is 36.8 Å². The first-order valence-electron chi connectivity index (χ1n) is 14.1. The van der Waals surface area contributed by atoms with Gasteiger partial charge >= 0.3 is 12.1 Å². The predicted molar refractivity (Wildman–Crippen MR) is 151 cm³/mol. The molecule has 2 atom stereocenters. The molecule has 0 saturated carbocycles. The van der Waals surface area contributed by atoms with Crippen LogP contribution in [-0.2, 0) is 21.1 Å². The van der Waals surface area contributed by atoms with Gasteiger partial charge in [0.2, 0.25) is 5.91 Å². The lowest BCUT2D eigenvalue weighted by Crippen LogP contribution is -2.52. The minimum absolute atomic E-state index is 0.0245. The molecule has 3 heterocycles.